The molecule has 5 rings (SSSR count). The molecular formula is C20H12ClNO5. The largest absolute Gasteiger partial charge is 0.488 e. The molecule has 0 amide bonds. The third-order valence-corrected chi connectivity index (χ3v) is 4.50. The fourth-order valence-electron chi connectivity index (χ4n) is 2.99. The van der Waals surface area contributed by atoms with Crippen LogP contribution in [0.25, 0.3) is 6.08 Å². The van der Waals surface area contributed by atoms with Gasteiger partial charge in [-0.15, -0.1) is 0 Å². The van der Waals surface area contributed by atoms with E-state index in [1.165, 1.54) is 0 Å². The fraction of sp³-hybridized carbons (Fsp3) is 0.100. The van der Waals surface area contributed by atoms with Crippen LogP contribution in [0.3, 0.4) is 0 Å². The van der Waals surface area contributed by atoms with Gasteiger partial charge in [0.2, 0.25) is 12.7 Å². The van der Waals surface area contributed by atoms with E-state index < -0.39 is 5.97 Å². The molecular weight excluding hydrogens is 370 g/mol. The van der Waals surface area contributed by atoms with Crippen LogP contribution >= 0.6 is 11.6 Å². The number of benzene rings is 2. The number of cyclic esters (lactones) is 1. The van der Waals surface area contributed by atoms with Crippen LogP contribution in [0, 0.1) is 0 Å². The van der Waals surface area contributed by atoms with Gasteiger partial charge in [-0.3, -0.25) is 0 Å². The zero-order valence-electron chi connectivity index (χ0n) is 13.9. The van der Waals surface area contributed by atoms with Crippen LogP contribution in [-0.4, -0.2) is 25.3 Å². The zero-order valence-corrected chi connectivity index (χ0v) is 14.7. The van der Waals surface area contributed by atoms with Crippen molar-refractivity contribution in [2.45, 2.75) is 0 Å². The van der Waals surface area contributed by atoms with Crippen molar-refractivity contribution in [3.8, 4) is 17.2 Å². The summed E-state index contributed by atoms with van der Waals surface area (Å²) in [5, 5.41) is 0.617. The smallest absolute Gasteiger partial charge is 0.363 e. The monoisotopic (exact) mass is 381 g/mol. The molecule has 0 unspecified atom stereocenters. The molecule has 7 heteroatoms. The number of hydrogen-bond acceptors (Lipinski definition) is 6. The Morgan fingerprint density at radius 1 is 1.00 bits per heavy atom. The van der Waals surface area contributed by atoms with Gasteiger partial charge in [-0.25, -0.2) is 9.79 Å². The number of rotatable bonds is 2. The first kappa shape index (κ1) is 16.0. The Balaban J connectivity index is 1.46. The lowest BCUT2D eigenvalue weighted by Gasteiger charge is -2.16. The van der Waals surface area contributed by atoms with E-state index in [1.54, 1.807) is 30.3 Å². The lowest BCUT2D eigenvalue weighted by atomic mass is 10.1. The summed E-state index contributed by atoms with van der Waals surface area (Å²) >= 11 is 6.03. The highest BCUT2D eigenvalue weighted by Gasteiger charge is 2.26. The molecule has 0 aliphatic carbocycles. The molecule has 0 N–H and O–H groups in total. The molecule has 0 aromatic heterocycles. The van der Waals surface area contributed by atoms with E-state index in [-0.39, 0.29) is 18.4 Å². The molecule has 6 nitrogen and oxygen atoms in total. The van der Waals surface area contributed by atoms with E-state index >= 15 is 0 Å². The average Bonchev–Trinajstić information content (AvgIpc) is 3.27. The van der Waals surface area contributed by atoms with Crippen molar-refractivity contribution in [1.82, 2.24) is 0 Å². The average molecular weight is 382 g/mol. The summed E-state index contributed by atoms with van der Waals surface area (Å²) in [5.41, 5.74) is 2.50. The molecule has 3 aliphatic rings. The zero-order chi connectivity index (χ0) is 18.4. The SMILES string of the molecule is O=C1OC(c2ccc3c(c2)OCO3)=NC1=CC1=Cc2cc(Cl)ccc2OC1. The first-order valence-corrected chi connectivity index (χ1v) is 8.59. The van der Waals surface area contributed by atoms with Crippen molar-refractivity contribution in [1.29, 1.82) is 0 Å². The van der Waals surface area contributed by atoms with Gasteiger partial charge in [0.25, 0.3) is 0 Å². The minimum Gasteiger partial charge on any atom is -0.488 e. The number of hydrogen-bond donors (Lipinski definition) is 0. The molecule has 0 bridgehead atoms. The van der Waals surface area contributed by atoms with Gasteiger partial charge >= 0.3 is 5.97 Å². The third kappa shape index (κ3) is 2.94. The van der Waals surface area contributed by atoms with Crippen LogP contribution in [0.15, 0.2) is 58.7 Å². The standard InChI is InChI=1S/C20H12ClNO5/c21-14-2-4-16-13(7-14)5-11(9-24-16)6-15-20(23)27-19(22-15)12-1-3-17-18(8-12)26-10-25-17/h1-8H,9-10H2. The van der Waals surface area contributed by atoms with Crippen LogP contribution in [0.4, 0.5) is 0 Å². The van der Waals surface area contributed by atoms with E-state index in [0.717, 1.165) is 16.9 Å². The number of aliphatic imine (C=N–C) groups is 1. The van der Waals surface area contributed by atoms with Gasteiger partial charge in [-0.1, -0.05) is 11.6 Å². The molecule has 2 aromatic rings. The number of halogens is 1. The highest BCUT2D eigenvalue weighted by molar-refractivity contribution is 6.30. The van der Waals surface area contributed by atoms with Gasteiger partial charge in [0.15, 0.2) is 17.2 Å². The molecule has 27 heavy (non-hydrogen) atoms. The fourth-order valence-corrected chi connectivity index (χ4v) is 3.17. The van der Waals surface area contributed by atoms with Crippen molar-refractivity contribution >= 4 is 29.5 Å². The highest BCUT2D eigenvalue weighted by atomic mass is 35.5. The Bertz CT molecular complexity index is 1070. The van der Waals surface area contributed by atoms with Crippen LogP contribution in [0.5, 0.6) is 17.2 Å². The first-order valence-electron chi connectivity index (χ1n) is 8.21. The maximum Gasteiger partial charge on any atom is 0.363 e. The number of nitrogens with zero attached hydrogens (tertiary/aromatic N) is 1. The Hall–Kier alpha value is -3.25. The van der Waals surface area contributed by atoms with Crippen molar-refractivity contribution in [3.05, 3.63) is 69.9 Å². The van der Waals surface area contributed by atoms with Crippen LogP contribution in [0.2, 0.25) is 5.02 Å². The Morgan fingerprint density at radius 3 is 2.78 bits per heavy atom. The van der Waals surface area contributed by atoms with Crippen molar-refractivity contribution in [2.75, 3.05) is 13.4 Å². The Kier molecular flexibility index (Phi) is 3.65. The van der Waals surface area contributed by atoms with Gasteiger partial charge in [-0.05, 0) is 54.1 Å². The van der Waals surface area contributed by atoms with Gasteiger partial charge in [0.05, 0.1) is 0 Å². The second-order valence-corrected chi connectivity index (χ2v) is 6.53. The molecule has 2 aromatic carbocycles. The third-order valence-electron chi connectivity index (χ3n) is 4.27. The minimum atomic E-state index is -0.513. The summed E-state index contributed by atoms with van der Waals surface area (Å²) in [6.45, 7) is 0.510. The van der Waals surface area contributed by atoms with Crippen LogP contribution < -0.4 is 14.2 Å². The Labute approximate surface area is 159 Å². The Morgan fingerprint density at radius 2 is 1.85 bits per heavy atom. The summed E-state index contributed by atoms with van der Waals surface area (Å²) in [6.07, 6.45) is 3.57. The second kappa shape index (κ2) is 6.17. The minimum absolute atomic E-state index is 0.176. The number of esters is 1. The number of carbonyl (C=O) groups excluding carboxylic acids is 1. The topological polar surface area (TPSA) is 66.4 Å². The maximum absolute atomic E-state index is 12.2. The van der Waals surface area contributed by atoms with Gasteiger partial charge in [0.1, 0.15) is 12.4 Å². The van der Waals surface area contributed by atoms with E-state index in [1.807, 2.05) is 18.2 Å². The quantitative estimate of drug-likeness (QED) is 0.585. The molecule has 0 atom stereocenters. The molecule has 134 valence electrons. The van der Waals surface area contributed by atoms with Crippen LogP contribution in [0.1, 0.15) is 11.1 Å². The van der Waals surface area contributed by atoms with Crippen molar-refractivity contribution in [2.24, 2.45) is 4.99 Å². The van der Waals surface area contributed by atoms with E-state index in [4.69, 9.17) is 30.5 Å². The lowest BCUT2D eigenvalue weighted by Crippen LogP contribution is -2.08. The molecule has 3 heterocycles. The molecule has 3 aliphatic heterocycles. The molecule has 0 radical (unpaired) electrons. The second-order valence-electron chi connectivity index (χ2n) is 6.09. The first-order chi connectivity index (χ1) is 13.2. The summed E-state index contributed by atoms with van der Waals surface area (Å²) < 4.78 is 21.6. The van der Waals surface area contributed by atoms with Gasteiger partial charge < -0.3 is 18.9 Å². The summed E-state index contributed by atoms with van der Waals surface area (Å²) in [5.74, 6) is 1.72. The predicted molar refractivity (Wildman–Crippen MR) is 98.2 cm³/mol. The number of ether oxygens (including phenoxy) is 4. The molecule has 0 spiro atoms. The normalized spacial score (nSPS) is 18.6. The molecule has 0 saturated carbocycles. The molecule has 0 fully saturated rings. The number of carbonyl (C=O) groups is 1. The lowest BCUT2D eigenvalue weighted by molar-refractivity contribution is -0.130. The summed E-state index contributed by atoms with van der Waals surface area (Å²) in [4.78, 5) is 16.5. The van der Waals surface area contributed by atoms with Gasteiger partial charge in [-0.2, -0.15) is 0 Å². The highest BCUT2D eigenvalue weighted by Crippen LogP contribution is 2.34. The van der Waals surface area contributed by atoms with Crippen LogP contribution in [-0.2, 0) is 9.53 Å². The van der Waals surface area contributed by atoms with Crippen molar-refractivity contribution < 1.29 is 23.7 Å². The predicted octanol–water partition coefficient (Wildman–Crippen LogP) is 3.73. The summed E-state index contributed by atoms with van der Waals surface area (Å²) in [7, 11) is 0. The van der Waals surface area contributed by atoms with Crippen molar-refractivity contribution in [3.63, 3.8) is 0 Å². The molecule has 0 saturated heterocycles. The number of fused-ring (bicyclic) bond motifs is 2. The van der Waals surface area contributed by atoms with E-state index in [0.29, 0.717) is 28.7 Å². The van der Waals surface area contributed by atoms with Gasteiger partial charge in [0, 0.05) is 16.1 Å². The van der Waals surface area contributed by atoms with E-state index in [2.05, 4.69) is 4.99 Å². The van der Waals surface area contributed by atoms with E-state index in [9.17, 15) is 4.79 Å². The maximum atomic E-state index is 12.2. The summed E-state index contributed by atoms with van der Waals surface area (Å²) in [6, 6.07) is 10.7.